The van der Waals surface area contributed by atoms with E-state index < -0.39 is 5.91 Å². The molecular formula is C22H15N5OS. The van der Waals surface area contributed by atoms with E-state index in [0.717, 1.165) is 11.3 Å². The highest BCUT2D eigenvalue weighted by molar-refractivity contribution is 7.13. The van der Waals surface area contributed by atoms with Crippen LogP contribution in [0.3, 0.4) is 0 Å². The molecule has 1 N–H and O–H groups in total. The van der Waals surface area contributed by atoms with Crippen molar-refractivity contribution in [1.82, 2.24) is 14.8 Å². The summed E-state index contributed by atoms with van der Waals surface area (Å²) in [6.45, 7) is 0. The third kappa shape index (κ3) is 4.13. The summed E-state index contributed by atoms with van der Waals surface area (Å²) in [5, 5.41) is 19.1. The molecule has 2 aromatic heterocycles. The van der Waals surface area contributed by atoms with Gasteiger partial charge in [-0.05, 0) is 18.2 Å². The maximum absolute atomic E-state index is 12.5. The van der Waals surface area contributed by atoms with Gasteiger partial charge in [0.25, 0.3) is 5.91 Å². The Morgan fingerprint density at radius 2 is 1.83 bits per heavy atom. The number of hydrogen-bond acceptors (Lipinski definition) is 5. The van der Waals surface area contributed by atoms with Crippen LogP contribution in [0.25, 0.3) is 23.0 Å². The van der Waals surface area contributed by atoms with Gasteiger partial charge in [0.1, 0.15) is 11.6 Å². The van der Waals surface area contributed by atoms with Gasteiger partial charge in [0.2, 0.25) is 0 Å². The first-order chi connectivity index (χ1) is 14.2. The maximum Gasteiger partial charge on any atom is 0.268 e. The molecule has 0 aliphatic heterocycles. The zero-order valence-electron chi connectivity index (χ0n) is 15.2. The third-order valence-electron chi connectivity index (χ3n) is 4.13. The van der Waals surface area contributed by atoms with E-state index in [-0.39, 0.29) is 5.57 Å². The van der Waals surface area contributed by atoms with E-state index >= 15 is 0 Å². The van der Waals surface area contributed by atoms with Gasteiger partial charge in [0, 0.05) is 28.9 Å². The zero-order chi connectivity index (χ0) is 20.1. The number of nitrogens with one attached hydrogen (secondary N) is 1. The number of carbonyl (C=O) groups excluding carboxylic acids is 1. The zero-order valence-corrected chi connectivity index (χ0v) is 16.0. The van der Waals surface area contributed by atoms with Gasteiger partial charge in [0.05, 0.1) is 11.4 Å². The van der Waals surface area contributed by atoms with Crippen molar-refractivity contribution in [3.63, 3.8) is 0 Å². The molecule has 0 bridgehead atoms. The number of benzene rings is 2. The number of thiazole rings is 1. The molecule has 7 heteroatoms. The largest absolute Gasteiger partial charge is 0.297 e. The molecule has 4 rings (SSSR count). The summed E-state index contributed by atoms with van der Waals surface area (Å²) < 4.78 is 1.74. The molecule has 4 aromatic rings. The smallest absolute Gasteiger partial charge is 0.268 e. The Kier molecular flexibility index (Phi) is 5.27. The van der Waals surface area contributed by atoms with Gasteiger partial charge in [-0.3, -0.25) is 10.1 Å². The summed E-state index contributed by atoms with van der Waals surface area (Å²) >= 11 is 1.29. The van der Waals surface area contributed by atoms with Crippen LogP contribution in [0.5, 0.6) is 0 Å². The number of aromatic nitrogens is 3. The molecule has 1 amide bonds. The molecule has 0 unspecified atom stereocenters. The van der Waals surface area contributed by atoms with E-state index in [1.165, 1.54) is 11.3 Å². The number of amides is 1. The summed E-state index contributed by atoms with van der Waals surface area (Å²) in [7, 11) is 0. The molecule has 0 saturated carbocycles. The number of carbonyl (C=O) groups is 1. The molecule has 0 spiro atoms. The molecule has 0 saturated heterocycles. The Balaban J connectivity index is 1.76. The Morgan fingerprint density at radius 1 is 1.10 bits per heavy atom. The first-order valence-electron chi connectivity index (χ1n) is 8.78. The van der Waals surface area contributed by atoms with Crippen molar-refractivity contribution < 1.29 is 4.79 Å². The molecule has 0 aliphatic carbocycles. The normalized spacial score (nSPS) is 11.1. The number of hydrogen-bond donors (Lipinski definition) is 1. The molecule has 2 heterocycles. The van der Waals surface area contributed by atoms with Crippen LogP contribution in [0.2, 0.25) is 0 Å². The summed E-state index contributed by atoms with van der Waals surface area (Å²) in [5.74, 6) is -0.506. The van der Waals surface area contributed by atoms with Crippen LogP contribution in [-0.2, 0) is 4.79 Å². The Labute approximate surface area is 171 Å². The van der Waals surface area contributed by atoms with Crippen LogP contribution in [0, 0.1) is 11.3 Å². The lowest BCUT2D eigenvalue weighted by molar-refractivity contribution is -0.112. The highest BCUT2D eigenvalue weighted by Gasteiger charge is 2.15. The lowest BCUT2D eigenvalue weighted by Gasteiger charge is -2.01. The molecule has 140 valence electrons. The first kappa shape index (κ1) is 18.3. The Hall–Kier alpha value is -4.02. The van der Waals surface area contributed by atoms with E-state index in [0.29, 0.717) is 16.4 Å². The fourth-order valence-electron chi connectivity index (χ4n) is 2.78. The van der Waals surface area contributed by atoms with Crippen LogP contribution < -0.4 is 5.32 Å². The molecule has 6 nitrogen and oxygen atoms in total. The van der Waals surface area contributed by atoms with Crippen molar-refractivity contribution in [2.75, 3.05) is 5.32 Å². The molecular weight excluding hydrogens is 382 g/mol. The Morgan fingerprint density at radius 3 is 2.48 bits per heavy atom. The van der Waals surface area contributed by atoms with Crippen molar-refractivity contribution in [1.29, 1.82) is 5.26 Å². The minimum atomic E-state index is -0.506. The van der Waals surface area contributed by atoms with Gasteiger partial charge >= 0.3 is 0 Å². The average molecular weight is 397 g/mol. The van der Waals surface area contributed by atoms with Crippen molar-refractivity contribution in [3.8, 4) is 23.0 Å². The number of rotatable bonds is 5. The standard InChI is InChI=1S/C22H15N5OS/c23-14-17(21(28)25-22-24-11-12-29-22)13-18-15-27(19-9-5-2-6-10-19)26-20(18)16-7-3-1-4-8-16/h1-13,15H,(H,24,25,28)/b17-13+. The van der Waals surface area contributed by atoms with E-state index in [4.69, 9.17) is 5.10 Å². The number of para-hydroxylation sites is 1. The SMILES string of the molecule is N#C/C(=C\c1cn(-c2ccccc2)nc1-c1ccccc1)C(=O)Nc1nccs1. The van der Waals surface area contributed by atoms with Gasteiger partial charge in [-0.15, -0.1) is 11.3 Å². The quantitative estimate of drug-likeness (QED) is 0.396. The average Bonchev–Trinajstić information content (AvgIpc) is 3.43. The van der Waals surface area contributed by atoms with Gasteiger partial charge in [-0.2, -0.15) is 10.4 Å². The van der Waals surface area contributed by atoms with Crippen LogP contribution in [0.15, 0.2) is 84.0 Å². The molecule has 29 heavy (non-hydrogen) atoms. The van der Waals surface area contributed by atoms with E-state index in [2.05, 4.69) is 10.3 Å². The predicted molar refractivity (Wildman–Crippen MR) is 113 cm³/mol. The lowest BCUT2D eigenvalue weighted by atomic mass is 10.1. The summed E-state index contributed by atoms with van der Waals surface area (Å²) in [5.41, 5.74) is 3.11. The summed E-state index contributed by atoms with van der Waals surface area (Å²) in [4.78, 5) is 16.5. The van der Waals surface area contributed by atoms with Crippen LogP contribution in [0.4, 0.5) is 5.13 Å². The molecule has 0 fully saturated rings. The molecule has 0 aliphatic rings. The second kappa shape index (κ2) is 8.33. The van der Waals surface area contributed by atoms with Gasteiger partial charge < -0.3 is 0 Å². The second-order valence-corrected chi connectivity index (χ2v) is 6.93. The van der Waals surface area contributed by atoms with Crippen molar-refractivity contribution >= 4 is 28.5 Å². The fourth-order valence-corrected chi connectivity index (χ4v) is 3.30. The van der Waals surface area contributed by atoms with Crippen LogP contribution >= 0.6 is 11.3 Å². The highest BCUT2D eigenvalue weighted by Crippen LogP contribution is 2.26. The van der Waals surface area contributed by atoms with Crippen LogP contribution in [-0.4, -0.2) is 20.7 Å². The minimum Gasteiger partial charge on any atom is -0.297 e. The monoisotopic (exact) mass is 397 g/mol. The van der Waals surface area contributed by atoms with Crippen LogP contribution in [0.1, 0.15) is 5.56 Å². The molecule has 0 radical (unpaired) electrons. The molecule has 2 aromatic carbocycles. The molecule has 0 atom stereocenters. The fraction of sp³-hybridized carbons (Fsp3) is 0. The number of nitriles is 1. The van der Waals surface area contributed by atoms with E-state index in [1.54, 1.807) is 22.3 Å². The van der Waals surface area contributed by atoms with Gasteiger partial charge in [-0.1, -0.05) is 48.5 Å². The van der Waals surface area contributed by atoms with E-state index in [9.17, 15) is 10.1 Å². The van der Waals surface area contributed by atoms with Gasteiger partial charge in [-0.25, -0.2) is 9.67 Å². The lowest BCUT2D eigenvalue weighted by Crippen LogP contribution is -2.13. The summed E-state index contributed by atoms with van der Waals surface area (Å²) in [6.07, 6.45) is 4.96. The van der Waals surface area contributed by atoms with Crippen molar-refractivity contribution in [3.05, 3.63) is 89.6 Å². The maximum atomic E-state index is 12.5. The third-order valence-corrected chi connectivity index (χ3v) is 4.82. The topological polar surface area (TPSA) is 83.6 Å². The number of anilines is 1. The van der Waals surface area contributed by atoms with Gasteiger partial charge in [0.15, 0.2) is 5.13 Å². The van der Waals surface area contributed by atoms with E-state index in [1.807, 2.05) is 72.9 Å². The second-order valence-electron chi connectivity index (χ2n) is 6.04. The summed E-state index contributed by atoms with van der Waals surface area (Å²) in [6, 6.07) is 21.3. The number of nitrogens with zero attached hydrogens (tertiary/aromatic N) is 4. The van der Waals surface area contributed by atoms with Crippen molar-refractivity contribution in [2.45, 2.75) is 0 Å². The minimum absolute atomic E-state index is 0.0232. The Bertz CT molecular complexity index is 1190. The first-order valence-corrected chi connectivity index (χ1v) is 9.66. The van der Waals surface area contributed by atoms with Crippen molar-refractivity contribution in [2.24, 2.45) is 0 Å². The predicted octanol–water partition coefficient (Wildman–Crippen LogP) is 4.54. The highest BCUT2D eigenvalue weighted by atomic mass is 32.1.